The number of methoxy groups -OCH3 is 1. The maximum atomic E-state index is 12.4. The van der Waals surface area contributed by atoms with Gasteiger partial charge in [0.05, 0.1) is 12.6 Å². The van der Waals surface area contributed by atoms with E-state index in [0.717, 1.165) is 19.4 Å². The number of aliphatic carboxylic acids is 1. The first-order chi connectivity index (χ1) is 9.95. The molecule has 0 saturated carbocycles. The third-order valence-corrected chi connectivity index (χ3v) is 3.82. The zero-order chi connectivity index (χ0) is 15.9. The second kappa shape index (κ2) is 7.97. The first-order valence-electron chi connectivity index (χ1n) is 7.31. The number of carbonyl (C=O) groups excluding carboxylic acids is 2. The van der Waals surface area contributed by atoms with Crippen LogP contribution in [0.3, 0.4) is 0 Å². The molecule has 1 saturated heterocycles. The maximum Gasteiger partial charge on any atom is 0.326 e. The zero-order valence-electron chi connectivity index (χ0n) is 12.6. The number of esters is 1. The van der Waals surface area contributed by atoms with Crippen LogP contribution in [0.2, 0.25) is 0 Å². The fraction of sp³-hybridized carbons (Fsp3) is 0.786. The molecular formula is C14H24N2O5. The minimum Gasteiger partial charge on any atom is -0.480 e. The molecule has 0 aromatic carbocycles. The molecule has 7 nitrogen and oxygen atoms in total. The summed E-state index contributed by atoms with van der Waals surface area (Å²) in [6.45, 7) is 2.74. The fourth-order valence-corrected chi connectivity index (χ4v) is 2.67. The highest BCUT2D eigenvalue weighted by Gasteiger charge is 2.41. The lowest BCUT2D eigenvalue weighted by Gasteiger charge is -2.29. The number of amides is 1. The van der Waals surface area contributed by atoms with Gasteiger partial charge in [0.15, 0.2) is 0 Å². The monoisotopic (exact) mass is 300 g/mol. The Hall–Kier alpha value is -1.63. The molecule has 1 aliphatic heterocycles. The molecule has 1 amide bonds. The molecule has 1 rings (SSSR count). The van der Waals surface area contributed by atoms with Crippen LogP contribution in [-0.2, 0) is 19.1 Å². The summed E-state index contributed by atoms with van der Waals surface area (Å²) < 4.78 is 4.49. The molecule has 0 aliphatic carbocycles. The first-order valence-corrected chi connectivity index (χ1v) is 7.31. The highest BCUT2D eigenvalue weighted by Crippen LogP contribution is 2.25. The molecule has 0 aromatic heterocycles. The van der Waals surface area contributed by atoms with Crippen LogP contribution in [0, 0.1) is 0 Å². The largest absolute Gasteiger partial charge is 0.480 e. The van der Waals surface area contributed by atoms with Gasteiger partial charge in [-0.3, -0.25) is 9.59 Å². The highest BCUT2D eigenvalue weighted by molar-refractivity contribution is 5.90. The molecule has 1 unspecified atom stereocenters. The van der Waals surface area contributed by atoms with E-state index in [9.17, 15) is 19.5 Å². The van der Waals surface area contributed by atoms with Gasteiger partial charge in [0.1, 0.15) is 6.04 Å². The van der Waals surface area contributed by atoms with Crippen LogP contribution in [0.5, 0.6) is 0 Å². The molecule has 2 atom stereocenters. The number of ether oxygens (including phenoxy) is 1. The lowest BCUT2D eigenvalue weighted by Crippen LogP contribution is -2.57. The third-order valence-electron chi connectivity index (χ3n) is 3.82. The van der Waals surface area contributed by atoms with Gasteiger partial charge in [-0.1, -0.05) is 13.3 Å². The van der Waals surface area contributed by atoms with Gasteiger partial charge in [-0.05, 0) is 32.2 Å². The van der Waals surface area contributed by atoms with Gasteiger partial charge in [0.25, 0.3) is 0 Å². The molecule has 1 aliphatic rings. The number of hydrogen-bond acceptors (Lipinski definition) is 5. The topological polar surface area (TPSA) is 105 Å². The Labute approximate surface area is 124 Å². The van der Waals surface area contributed by atoms with Crippen LogP contribution in [0.4, 0.5) is 0 Å². The van der Waals surface area contributed by atoms with E-state index in [1.165, 1.54) is 7.11 Å². The van der Waals surface area contributed by atoms with Gasteiger partial charge in [0, 0.05) is 6.42 Å². The van der Waals surface area contributed by atoms with Gasteiger partial charge in [-0.15, -0.1) is 0 Å². The van der Waals surface area contributed by atoms with E-state index in [1.54, 1.807) is 0 Å². The predicted octanol–water partition coefficient (Wildman–Crippen LogP) is 0.431. The Kier molecular flexibility index (Phi) is 6.61. The summed E-state index contributed by atoms with van der Waals surface area (Å²) in [4.78, 5) is 34.8. The zero-order valence-corrected chi connectivity index (χ0v) is 12.6. The van der Waals surface area contributed by atoms with Gasteiger partial charge in [-0.2, -0.15) is 0 Å². The minimum absolute atomic E-state index is 0.0238. The van der Waals surface area contributed by atoms with E-state index < -0.39 is 23.5 Å². The summed E-state index contributed by atoms with van der Waals surface area (Å²) in [5.74, 6) is -1.92. The maximum absolute atomic E-state index is 12.4. The summed E-state index contributed by atoms with van der Waals surface area (Å²) in [7, 11) is 1.25. The number of carboxylic acid groups (broad SMARTS) is 1. The van der Waals surface area contributed by atoms with Crippen LogP contribution in [0.15, 0.2) is 0 Å². The molecule has 0 radical (unpaired) electrons. The molecule has 1 heterocycles. The van der Waals surface area contributed by atoms with Gasteiger partial charge in [0.2, 0.25) is 5.91 Å². The van der Waals surface area contributed by atoms with Crippen molar-refractivity contribution in [2.45, 2.75) is 57.0 Å². The van der Waals surface area contributed by atoms with E-state index in [2.05, 4.69) is 15.4 Å². The van der Waals surface area contributed by atoms with Crippen LogP contribution in [-0.4, -0.2) is 48.2 Å². The van der Waals surface area contributed by atoms with E-state index in [-0.39, 0.29) is 18.7 Å². The van der Waals surface area contributed by atoms with Gasteiger partial charge >= 0.3 is 11.9 Å². The Balaban J connectivity index is 2.66. The van der Waals surface area contributed by atoms with Crippen molar-refractivity contribution in [3.63, 3.8) is 0 Å². The second-order valence-electron chi connectivity index (χ2n) is 5.34. The summed E-state index contributed by atoms with van der Waals surface area (Å²) in [5, 5.41) is 14.9. The molecule has 7 heteroatoms. The summed E-state index contributed by atoms with van der Waals surface area (Å²) in [6, 6.07) is -1.08. The van der Waals surface area contributed by atoms with E-state index in [1.807, 2.05) is 6.92 Å². The predicted molar refractivity (Wildman–Crippen MR) is 75.7 cm³/mol. The number of rotatable bonds is 8. The highest BCUT2D eigenvalue weighted by atomic mass is 16.5. The molecule has 0 spiro atoms. The fourth-order valence-electron chi connectivity index (χ4n) is 2.67. The van der Waals surface area contributed by atoms with Crippen molar-refractivity contribution < 1.29 is 24.2 Å². The molecule has 120 valence electrons. The smallest absolute Gasteiger partial charge is 0.326 e. The minimum atomic E-state index is -1.14. The van der Waals surface area contributed by atoms with Crippen molar-refractivity contribution in [3.05, 3.63) is 0 Å². The van der Waals surface area contributed by atoms with Crippen molar-refractivity contribution in [2.75, 3.05) is 13.7 Å². The van der Waals surface area contributed by atoms with Crippen molar-refractivity contribution in [3.8, 4) is 0 Å². The average Bonchev–Trinajstić information content (AvgIpc) is 2.92. The van der Waals surface area contributed by atoms with Gasteiger partial charge < -0.3 is 20.5 Å². The number of nitrogens with one attached hydrogen (secondary N) is 2. The number of carbonyl (C=O) groups is 3. The number of carboxylic acids is 1. The Morgan fingerprint density at radius 2 is 2.14 bits per heavy atom. The summed E-state index contributed by atoms with van der Waals surface area (Å²) in [5.41, 5.74) is -0.673. The summed E-state index contributed by atoms with van der Waals surface area (Å²) in [6.07, 6.45) is 3.09. The van der Waals surface area contributed by atoms with Gasteiger partial charge in [-0.25, -0.2) is 4.79 Å². The van der Waals surface area contributed by atoms with Crippen molar-refractivity contribution in [1.82, 2.24) is 10.6 Å². The SMILES string of the molecule is CCCC1(C(=O)N[C@H](CCC(=O)OC)C(=O)O)CCCN1. The van der Waals surface area contributed by atoms with E-state index in [0.29, 0.717) is 12.8 Å². The molecule has 3 N–H and O–H groups in total. The van der Waals surface area contributed by atoms with E-state index >= 15 is 0 Å². The van der Waals surface area contributed by atoms with Crippen molar-refractivity contribution >= 4 is 17.8 Å². The second-order valence-corrected chi connectivity index (χ2v) is 5.34. The first kappa shape index (κ1) is 17.4. The lowest BCUT2D eigenvalue weighted by molar-refractivity contribution is -0.145. The Bertz CT molecular complexity index is 391. The van der Waals surface area contributed by atoms with Crippen molar-refractivity contribution in [2.24, 2.45) is 0 Å². The van der Waals surface area contributed by atoms with Crippen LogP contribution in [0.25, 0.3) is 0 Å². The van der Waals surface area contributed by atoms with Crippen LogP contribution >= 0.6 is 0 Å². The number of hydrogen-bond donors (Lipinski definition) is 3. The molecule has 0 bridgehead atoms. The van der Waals surface area contributed by atoms with Crippen LogP contribution in [0.1, 0.15) is 45.4 Å². The Morgan fingerprint density at radius 1 is 1.43 bits per heavy atom. The third kappa shape index (κ3) is 4.70. The molecular weight excluding hydrogens is 276 g/mol. The molecule has 1 fully saturated rings. The lowest BCUT2D eigenvalue weighted by atomic mass is 9.90. The standard InChI is InChI=1S/C14H24N2O5/c1-3-7-14(8-4-9-15-14)13(20)16-10(12(18)19)5-6-11(17)21-2/h10,15H,3-9H2,1-2H3,(H,16,20)(H,18,19)/t10-,14?/m1/s1. The Morgan fingerprint density at radius 3 is 2.62 bits per heavy atom. The quantitative estimate of drug-likeness (QED) is 0.562. The van der Waals surface area contributed by atoms with E-state index in [4.69, 9.17) is 0 Å². The molecule has 0 aromatic rings. The normalized spacial score (nSPS) is 22.6. The van der Waals surface area contributed by atoms with Crippen molar-refractivity contribution in [1.29, 1.82) is 0 Å². The molecule has 21 heavy (non-hydrogen) atoms. The summed E-state index contributed by atoms with van der Waals surface area (Å²) >= 11 is 0. The van der Waals surface area contributed by atoms with Crippen LogP contribution < -0.4 is 10.6 Å². The average molecular weight is 300 g/mol.